The number of hydrogen-bond acceptors (Lipinski definition) is 10. The van der Waals surface area contributed by atoms with Gasteiger partial charge in [0, 0.05) is 37.5 Å². The van der Waals surface area contributed by atoms with E-state index in [0.29, 0.717) is 23.2 Å². The molecule has 0 amide bonds. The van der Waals surface area contributed by atoms with Crippen LogP contribution in [-0.4, -0.2) is 92.8 Å². The summed E-state index contributed by atoms with van der Waals surface area (Å²) >= 11 is 13.7. The van der Waals surface area contributed by atoms with Gasteiger partial charge in [-0.25, -0.2) is 4.79 Å². The van der Waals surface area contributed by atoms with Crippen molar-refractivity contribution in [3.63, 3.8) is 0 Å². The fourth-order valence-corrected chi connectivity index (χ4v) is 6.86. The summed E-state index contributed by atoms with van der Waals surface area (Å²) in [5.74, 6) is -1.23. The molecular weight excluding hydrogens is 565 g/mol. The van der Waals surface area contributed by atoms with Crippen LogP contribution in [0.2, 0.25) is 0 Å². The van der Waals surface area contributed by atoms with E-state index in [2.05, 4.69) is 11.5 Å². The fourth-order valence-electron chi connectivity index (χ4n) is 3.46. The average molecular weight is 609 g/mol. The summed E-state index contributed by atoms with van der Waals surface area (Å²) < 4.78 is 16.4. The highest BCUT2D eigenvalue weighted by Crippen LogP contribution is 2.41. The Morgan fingerprint density at radius 2 is 1.37 bits per heavy atom. The molecule has 218 valence electrons. The molecule has 0 aromatic carbocycles. The Morgan fingerprint density at radius 1 is 0.842 bits per heavy atom. The van der Waals surface area contributed by atoms with Crippen LogP contribution < -0.4 is 0 Å². The molecule has 0 aromatic rings. The van der Waals surface area contributed by atoms with E-state index in [1.807, 2.05) is 32.6 Å². The van der Waals surface area contributed by atoms with Crippen LogP contribution in [0.4, 0.5) is 0 Å². The zero-order chi connectivity index (χ0) is 29.5. The largest absolute Gasteiger partial charge is 0.465 e. The predicted molar refractivity (Wildman–Crippen MR) is 166 cm³/mol. The lowest BCUT2D eigenvalue weighted by molar-refractivity contribution is -0.163. The number of carbonyl (C=O) groups excluding carboxylic acids is 3. The first-order chi connectivity index (χ1) is 17.7. The molecule has 0 radical (unpaired) electrons. The predicted octanol–water partition coefficient (Wildman–Crippen LogP) is 5.09. The summed E-state index contributed by atoms with van der Waals surface area (Å²) in [6.07, 6.45) is -0.0295. The lowest BCUT2D eigenvalue weighted by atomic mass is 9.81. The van der Waals surface area contributed by atoms with E-state index in [1.54, 1.807) is 20.8 Å². The second kappa shape index (κ2) is 18.1. The number of nitrogens with zero attached hydrogens (tertiary/aromatic N) is 2. The molecule has 0 aliphatic rings. The van der Waals surface area contributed by atoms with Gasteiger partial charge in [0.25, 0.3) is 0 Å². The van der Waals surface area contributed by atoms with Crippen molar-refractivity contribution in [1.82, 2.24) is 9.80 Å². The molecule has 0 rings (SSSR count). The summed E-state index contributed by atoms with van der Waals surface area (Å²) in [5.41, 5.74) is -1.13. The maximum absolute atomic E-state index is 13.5. The summed E-state index contributed by atoms with van der Waals surface area (Å²) in [4.78, 5) is 42.7. The van der Waals surface area contributed by atoms with E-state index < -0.39 is 28.1 Å². The molecule has 0 bridgehead atoms. The van der Waals surface area contributed by atoms with Gasteiger partial charge in [0.15, 0.2) is 0 Å². The van der Waals surface area contributed by atoms with Crippen LogP contribution in [-0.2, 0) is 28.6 Å². The van der Waals surface area contributed by atoms with Crippen LogP contribution in [0.25, 0.3) is 0 Å². The lowest BCUT2D eigenvalue weighted by Crippen LogP contribution is -2.47. The third kappa shape index (κ3) is 11.8. The molecule has 2 unspecified atom stereocenters. The number of thioether (sulfide) groups is 2. The SMILES string of the molecule is C=C(C)C(=O)OCC(C)(CC(C)(SC(=S)N(CC)CC)C(=O)OCCSC(=S)N(CC)CC)C(=O)OCC. The average Bonchev–Trinajstić information content (AvgIpc) is 2.86. The smallest absolute Gasteiger partial charge is 0.333 e. The summed E-state index contributed by atoms with van der Waals surface area (Å²) in [7, 11) is 0. The standard InChI is InChI=1S/C26H44N2O6S4/c1-10-27(11-2)23(35)37-16-15-33-22(31)26(9,38-24(36)28(12-3)13-4)17-25(8,21(30)32-14-5)18-34-20(29)19(6)7/h6,10-18H2,1-5,7-9H3. The minimum Gasteiger partial charge on any atom is -0.465 e. The quantitative estimate of drug-likeness (QED) is 0.0770. The van der Waals surface area contributed by atoms with E-state index in [4.69, 9.17) is 38.6 Å². The van der Waals surface area contributed by atoms with E-state index in [1.165, 1.54) is 30.4 Å². The normalized spacial score (nSPS) is 13.9. The highest BCUT2D eigenvalue weighted by molar-refractivity contribution is 8.24. The third-order valence-electron chi connectivity index (χ3n) is 5.70. The molecule has 0 aromatic heterocycles. The Labute approximate surface area is 247 Å². The van der Waals surface area contributed by atoms with E-state index in [-0.39, 0.29) is 31.8 Å². The molecule has 0 saturated heterocycles. The van der Waals surface area contributed by atoms with Crippen molar-refractivity contribution < 1.29 is 28.6 Å². The van der Waals surface area contributed by atoms with Crippen LogP contribution in [0.3, 0.4) is 0 Å². The molecule has 0 saturated carbocycles. The van der Waals surface area contributed by atoms with Gasteiger partial charge in [0.2, 0.25) is 0 Å². The Bertz CT molecular complexity index is 848. The molecule has 0 N–H and O–H groups in total. The zero-order valence-electron chi connectivity index (χ0n) is 24.0. The first-order valence-corrected chi connectivity index (χ1v) is 15.4. The lowest BCUT2D eigenvalue weighted by Gasteiger charge is -2.37. The molecular formula is C26H44N2O6S4. The minimum absolute atomic E-state index is 0.0295. The number of esters is 3. The van der Waals surface area contributed by atoms with Gasteiger partial charge in [-0.3, -0.25) is 9.59 Å². The minimum atomic E-state index is -1.33. The van der Waals surface area contributed by atoms with Gasteiger partial charge < -0.3 is 24.0 Å². The Morgan fingerprint density at radius 3 is 1.84 bits per heavy atom. The van der Waals surface area contributed by atoms with E-state index in [9.17, 15) is 14.4 Å². The summed E-state index contributed by atoms with van der Waals surface area (Å²) in [5, 5.41) is 0. The van der Waals surface area contributed by atoms with Crippen molar-refractivity contribution in [2.45, 2.75) is 66.6 Å². The van der Waals surface area contributed by atoms with Crippen molar-refractivity contribution in [3.05, 3.63) is 12.2 Å². The highest BCUT2D eigenvalue weighted by Gasteiger charge is 2.49. The Kier molecular flexibility index (Phi) is 17.4. The summed E-state index contributed by atoms with van der Waals surface area (Å²) in [6, 6.07) is 0. The molecule has 0 heterocycles. The monoisotopic (exact) mass is 608 g/mol. The maximum Gasteiger partial charge on any atom is 0.333 e. The number of rotatable bonds is 16. The molecule has 2 atom stereocenters. The molecule has 8 nitrogen and oxygen atoms in total. The Hall–Kier alpha value is -1.37. The van der Waals surface area contributed by atoms with Crippen molar-refractivity contribution in [3.8, 4) is 0 Å². The topological polar surface area (TPSA) is 85.4 Å². The fraction of sp³-hybridized carbons (Fsp3) is 0.731. The van der Waals surface area contributed by atoms with Crippen LogP contribution in [0.5, 0.6) is 0 Å². The van der Waals surface area contributed by atoms with Crippen molar-refractivity contribution in [2.24, 2.45) is 5.41 Å². The first-order valence-electron chi connectivity index (χ1n) is 12.8. The third-order valence-corrected chi connectivity index (χ3v) is 8.89. The van der Waals surface area contributed by atoms with Gasteiger partial charge in [-0.1, -0.05) is 54.5 Å². The second-order valence-corrected chi connectivity index (χ2v) is 12.9. The molecule has 0 spiro atoms. The van der Waals surface area contributed by atoms with Crippen LogP contribution in [0, 0.1) is 5.41 Å². The van der Waals surface area contributed by atoms with Gasteiger partial charge in [-0.05, 0) is 61.8 Å². The second-order valence-electron chi connectivity index (χ2n) is 9.01. The maximum atomic E-state index is 13.5. The van der Waals surface area contributed by atoms with E-state index in [0.717, 1.165) is 17.4 Å². The number of hydrogen-bond donors (Lipinski definition) is 0. The van der Waals surface area contributed by atoms with Gasteiger partial charge >= 0.3 is 17.9 Å². The van der Waals surface area contributed by atoms with Gasteiger partial charge in [0.05, 0.1) is 6.61 Å². The zero-order valence-corrected chi connectivity index (χ0v) is 27.3. The van der Waals surface area contributed by atoms with Crippen LogP contribution in [0.15, 0.2) is 12.2 Å². The molecule has 12 heteroatoms. The van der Waals surface area contributed by atoms with Gasteiger partial charge in [-0.15, -0.1) is 0 Å². The first kappa shape index (κ1) is 36.6. The van der Waals surface area contributed by atoms with Crippen molar-refractivity contribution in [1.29, 1.82) is 0 Å². The van der Waals surface area contributed by atoms with Gasteiger partial charge in [0.1, 0.15) is 32.0 Å². The van der Waals surface area contributed by atoms with Gasteiger partial charge in [-0.2, -0.15) is 0 Å². The number of carbonyl (C=O) groups is 3. The summed E-state index contributed by atoms with van der Waals surface area (Å²) in [6.45, 7) is 21.1. The highest BCUT2D eigenvalue weighted by atomic mass is 32.2. The van der Waals surface area contributed by atoms with Crippen LogP contribution in [0.1, 0.15) is 61.8 Å². The van der Waals surface area contributed by atoms with Crippen molar-refractivity contribution in [2.75, 3.05) is 51.8 Å². The molecule has 0 fully saturated rings. The molecule has 0 aliphatic heterocycles. The molecule has 0 aliphatic carbocycles. The molecule has 38 heavy (non-hydrogen) atoms. The van der Waals surface area contributed by atoms with Crippen LogP contribution >= 0.6 is 48.0 Å². The van der Waals surface area contributed by atoms with E-state index >= 15 is 0 Å². The Balaban J connectivity index is 5.93. The number of ether oxygens (including phenoxy) is 3. The number of thiocarbonyl (C=S) groups is 2. The van der Waals surface area contributed by atoms with Crippen molar-refractivity contribution >= 4 is 74.5 Å².